The lowest BCUT2D eigenvalue weighted by Gasteiger charge is -2.36. The topological polar surface area (TPSA) is 123 Å². The Bertz CT molecular complexity index is 1430. The number of anilines is 1. The van der Waals surface area contributed by atoms with Crippen molar-refractivity contribution < 1.29 is 19.1 Å². The molecule has 3 aromatic rings. The van der Waals surface area contributed by atoms with Crippen molar-refractivity contribution in [3.8, 4) is 0 Å². The van der Waals surface area contributed by atoms with Crippen LogP contribution in [0.2, 0.25) is 0 Å². The highest BCUT2D eigenvalue weighted by Gasteiger charge is 2.33. The number of carboxylic acid groups (broad SMARTS) is 1. The minimum Gasteiger partial charge on any atom is -0.477 e. The molecule has 2 aromatic heterocycles. The molecule has 1 saturated carbocycles. The van der Waals surface area contributed by atoms with Crippen molar-refractivity contribution in [1.82, 2.24) is 9.55 Å². The van der Waals surface area contributed by atoms with E-state index in [4.69, 9.17) is 10.6 Å². The SMILES string of the molecule is CON=C1CCN(c2nc3c(cc2F)c(=O)c(C(=O)O)cn3C2CC2)C(N)C1=Cc1ccccc1. The van der Waals surface area contributed by atoms with Gasteiger partial charge in [0, 0.05) is 30.8 Å². The van der Waals surface area contributed by atoms with E-state index >= 15 is 4.39 Å². The highest BCUT2D eigenvalue weighted by Crippen LogP contribution is 2.37. The normalized spacial score (nSPS) is 20.5. The van der Waals surface area contributed by atoms with Crippen LogP contribution in [0.4, 0.5) is 10.2 Å². The third-order valence-corrected chi connectivity index (χ3v) is 6.28. The Morgan fingerprint density at radius 2 is 2.06 bits per heavy atom. The summed E-state index contributed by atoms with van der Waals surface area (Å²) >= 11 is 0. The Balaban J connectivity index is 1.64. The molecule has 0 spiro atoms. The Hall–Kier alpha value is -4.05. The standard InChI is InChI=1S/C25H24FN5O4/c1-35-29-20-9-10-30(22(27)16(20)11-14-5-3-2-4-6-14)24-19(26)12-17-21(32)18(25(33)34)13-31(15-7-8-15)23(17)28-24/h2-6,11-13,15,22H,7-10,27H2,1H3,(H,33,34). The second-order valence-electron chi connectivity index (χ2n) is 8.60. The van der Waals surface area contributed by atoms with Crippen LogP contribution < -0.4 is 16.1 Å². The van der Waals surface area contributed by atoms with E-state index in [0.717, 1.165) is 24.5 Å². The number of fused-ring (bicyclic) bond motifs is 1. The second-order valence-corrected chi connectivity index (χ2v) is 8.60. The summed E-state index contributed by atoms with van der Waals surface area (Å²) in [4.78, 5) is 35.5. The number of carbonyl (C=O) groups is 1. The molecule has 10 heteroatoms. The van der Waals surface area contributed by atoms with Crippen molar-refractivity contribution in [1.29, 1.82) is 0 Å². The molecule has 5 rings (SSSR count). The molecule has 0 amide bonds. The summed E-state index contributed by atoms with van der Waals surface area (Å²) in [5, 5.41) is 13.5. The number of pyridine rings is 2. The average molecular weight is 477 g/mol. The number of oxime groups is 1. The largest absolute Gasteiger partial charge is 0.477 e. The van der Waals surface area contributed by atoms with Gasteiger partial charge in [0.1, 0.15) is 24.5 Å². The predicted octanol–water partition coefficient (Wildman–Crippen LogP) is 3.15. The number of carboxylic acids is 1. The van der Waals surface area contributed by atoms with Gasteiger partial charge in [-0.25, -0.2) is 14.2 Å². The maximum absolute atomic E-state index is 15.4. The molecule has 1 atom stereocenters. The van der Waals surface area contributed by atoms with Gasteiger partial charge in [-0.3, -0.25) is 4.79 Å². The van der Waals surface area contributed by atoms with E-state index in [2.05, 4.69) is 10.1 Å². The minimum atomic E-state index is -1.35. The number of nitrogens with two attached hydrogens (primary N) is 1. The number of halogens is 1. The summed E-state index contributed by atoms with van der Waals surface area (Å²) in [6.45, 7) is 0.325. The van der Waals surface area contributed by atoms with Gasteiger partial charge in [0.15, 0.2) is 11.6 Å². The number of piperidine rings is 1. The molecule has 1 saturated heterocycles. The van der Waals surface area contributed by atoms with E-state index in [0.29, 0.717) is 24.3 Å². The smallest absolute Gasteiger partial charge is 0.341 e. The van der Waals surface area contributed by atoms with Gasteiger partial charge < -0.3 is 25.1 Å². The Morgan fingerprint density at radius 3 is 2.71 bits per heavy atom. The van der Waals surface area contributed by atoms with Gasteiger partial charge in [-0.2, -0.15) is 0 Å². The number of nitrogens with zero attached hydrogens (tertiary/aromatic N) is 4. The molecule has 0 bridgehead atoms. The Morgan fingerprint density at radius 1 is 1.31 bits per heavy atom. The van der Waals surface area contributed by atoms with E-state index in [1.165, 1.54) is 13.3 Å². The highest BCUT2D eigenvalue weighted by molar-refractivity contribution is 6.06. The number of aromatic nitrogens is 2. The molecule has 3 N–H and O–H groups in total. The van der Waals surface area contributed by atoms with Crippen LogP contribution in [0.15, 0.2) is 58.1 Å². The first kappa shape index (κ1) is 22.7. The third-order valence-electron chi connectivity index (χ3n) is 6.28. The van der Waals surface area contributed by atoms with Gasteiger partial charge in [-0.15, -0.1) is 0 Å². The molecule has 180 valence electrons. The van der Waals surface area contributed by atoms with Crippen molar-refractivity contribution in [2.45, 2.75) is 31.5 Å². The summed E-state index contributed by atoms with van der Waals surface area (Å²) in [7, 11) is 1.46. The van der Waals surface area contributed by atoms with E-state index in [9.17, 15) is 14.7 Å². The van der Waals surface area contributed by atoms with Gasteiger partial charge in [-0.05, 0) is 30.5 Å². The zero-order valence-corrected chi connectivity index (χ0v) is 19.0. The fourth-order valence-corrected chi connectivity index (χ4v) is 4.41. The monoisotopic (exact) mass is 477 g/mol. The number of hydrogen-bond donors (Lipinski definition) is 2. The van der Waals surface area contributed by atoms with Crippen molar-refractivity contribution in [2.24, 2.45) is 10.9 Å². The van der Waals surface area contributed by atoms with E-state index in [1.807, 2.05) is 36.4 Å². The second kappa shape index (κ2) is 8.95. The molecule has 0 radical (unpaired) electrons. The van der Waals surface area contributed by atoms with Crippen LogP contribution in [0.25, 0.3) is 17.1 Å². The molecule has 35 heavy (non-hydrogen) atoms. The zero-order valence-electron chi connectivity index (χ0n) is 19.0. The molecular formula is C25H24FN5O4. The summed E-state index contributed by atoms with van der Waals surface area (Å²) in [5.74, 6) is -2.10. The van der Waals surface area contributed by atoms with Crippen molar-refractivity contribution in [2.75, 3.05) is 18.6 Å². The number of benzene rings is 1. The van der Waals surface area contributed by atoms with Gasteiger partial charge in [0.2, 0.25) is 5.43 Å². The third kappa shape index (κ3) is 4.17. The molecule has 1 aliphatic heterocycles. The molecule has 1 aromatic carbocycles. The van der Waals surface area contributed by atoms with Crippen LogP contribution in [0.3, 0.4) is 0 Å². The quantitative estimate of drug-likeness (QED) is 0.541. The Kier molecular flexibility index (Phi) is 5.81. The van der Waals surface area contributed by atoms with Crippen LogP contribution >= 0.6 is 0 Å². The summed E-state index contributed by atoms with van der Waals surface area (Å²) in [6.07, 6.45) is 4.50. The first-order valence-corrected chi connectivity index (χ1v) is 11.3. The maximum atomic E-state index is 15.4. The maximum Gasteiger partial charge on any atom is 0.341 e. The van der Waals surface area contributed by atoms with Crippen LogP contribution in [0.1, 0.15) is 41.2 Å². The molecule has 1 unspecified atom stereocenters. The van der Waals surface area contributed by atoms with Crippen molar-refractivity contribution in [3.63, 3.8) is 0 Å². The average Bonchev–Trinajstić information content (AvgIpc) is 3.68. The molecule has 1 aliphatic carbocycles. The Labute approximate surface area is 199 Å². The molecule has 3 heterocycles. The van der Waals surface area contributed by atoms with E-state index in [-0.39, 0.29) is 22.9 Å². The van der Waals surface area contributed by atoms with Gasteiger partial charge >= 0.3 is 5.97 Å². The van der Waals surface area contributed by atoms with Gasteiger partial charge in [0.25, 0.3) is 0 Å². The van der Waals surface area contributed by atoms with Gasteiger partial charge in [-0.1, -0.05) is 35.5 Å². The van der Waals surface area contributed by atoms with Crippen LogP contribution in [0, 0.1) is 5.82 Å². The fraction of sp³-hybridized carbons (Fsp3) is 0.280. The van der Waals surface area contributed by atoms with Crippen LogP contribution in [-0.2, 0) is 4.84 Å². The summed E-state index contributed by atoms with van der Waals surface area (Å²) < 4.78 is 17.1. The lowest BCUT2D eigenvalue weighted by Crippen LogP contribution is -2.51. The lowest BCUT2D eigenvalue weighted by atomic mass is 9.96. The van der Waals surface area contributed by atoms with Gasteiger partial charge in [0.05, 0.1) is 11.1 Å². The van der Waals surface area contributed by atoms with E-state index < -0.39 is 28.9 Å². The lowest BCUT2D eigenvalue weighted by molar-refractivity contribution is 0.0695. The zero-order chi connectivity index (χ0) is 24.7. The minimum absolute atomic E-state index is 0.00250. The first-order valence-electron chi connectivity index (χ1n) is 11.3. The first-order chi connectivity index (χ1) is 16.9. The molecule has 2 fully saturated rings. The van der Waals surface area contributed by atoms with Crippen molar-refractivity contribution in [3.05, 3.63) is 75.3 Å². The summed E-state index contributed by atoms with van der Waals surface area (Å²) in [5.41, 5.74) is 7.91. The van der Waals surface area contributed by atoms with Crippen LogP contribution in [0.5, 0.6) is 0 Å². The molecule has 9 nitrogen and oxygen atoms in total. The van der Waals surface area contributed by atoms with Crippen LogP contribution in [-0.4, -0.2) is 46.2 Å². The summed E-state index contributed by atoms with van der Waals surface area (Å²) in [6, 6.07) is 10.6. The van der Waals surface area contributed by atoms with E-state index in [1.54, 1.807) is 9.47 Å². The predicted molar refractivity (Wildman–Crippen MR) is 130 cm³/mol. The number of hydrogen-bond acceptors (Lipinski definition) is 7. The molecule has 2 aliphatic rings. The number of aromatic carboxylic acids is 1. The van der Waals surface area contributed by atoms with Crippen molar-refractivity contribution >= 4 is 34.6 Å². The fourth-order valence-electron chi connectivity index (χ4n) is 4.41. The highest BCUT2D eigenvalue weighted by atomic mass is 19.1. The molecular weight excluding hydrogens is 453 g/mol. The number of rotatable bonds is 5.